The Hall–Kier alpha value is -4.77. The fraction of sp³-hybridized carbons (Fsp3) is 0.571. The van der Waals surface area contributed by atoms with E-state index >= 15 is 0 Å². The van der Waals surface area contributed by atoms with Crippen molar-refractivity contribution >= 4 is 56.1 Å². The summed E-state index contributed by atoms with van der Waals surface area (Å²) in [6.45, 7) is 5.20. The van der Waals surface area contributed by atoms with Crippen molar-refractivity contribution in [2.45, 2.75) is 132 Å². The molecular formula is C42H52N6O9S2. The molecule has 1 aromatic carbocycles. The zero-order valence-electron chi connectivity index (χ0n) is 33.9. The normalized spacial score (nSPS) is 26.7. The van der Waals surface area contributed by atoms with Crippen LogP contribution in [0.15, 0.2) is 36.4 Å². The van der Waals surface area contributed by atoms with Gasteiger partial charge in [-0.1, -0.05) is 25.0 Å². The highest BCUT2D eigenvalue weighted by Crippen LogP contribution is 2.46. The maximum Gasteiger partial charge on any atom is 0.408 e. The summed E-state index contributed by atoms with van der Waals surface area (Å²) in [5.41, 5.74) is 0.0132. The standard InChI is InChI=1S/C42H52N6O9S2/c1-41(2,3)57-40(52)45-30-12-9-7-5-6-8-11-24-22-42(24,39(51)47-59(53,54)27-16-17-27)46-36(49)33-20-26(23-48(33)38(30)50)56-34-21-32(37-44-29-13-10-14-35(29)58-37)43-31-19-25(55-4)15-18-28(31)34/h8,11,15,18-19,21,24,26-27,30,33H,5-7,9-10,12-14,16-17,20,22-23H2,1-4H3,(H,45,52)(H,46,49)(H,47,51)/b11-8-/t24-,26+,30-,33-,42+/m0/s1. The van der Waals surface area contributed by atoms with Crippen LogP contribution in [0, 0.1) is 5.92 Å². The fourth-order valence-corrected chi connectivity index (χ4v) is 10.8. The number of sulfonamides is 1. The number of pyridine rings is 1. The summed E-state index contributed by atoms with van der Waals surface area (Å²) < 4.78 is 45.9. The smallest absolute Gasteiger partial charge is 0.408 e. The molecule has 3 fully saturated rings. The second kappa shape index (κ2) is 16.0. The molecule has 2 saturated carbocycles. The third-order valence-corrected chi connectivity index (χ3v) is 14.6. The molecule has 5 aliphatic rings. The molecule has 17 heteroatoms. The molecule has 2 aliphatic heterocycles. The second-order valence-electron chi connectivity index (χ2n) is 17.3. The van der Waals surface area contributed by atoms with Crippen molar-refractivity contribution < 1.29 is 41.8 Å². The molecule has 0 spiro atoms. The number of aromatic nitrogens is 2. The van der Waals surface area contributed by atoms with Crippen LogP contribution in [0.5, 0.6) is 11.5 Å². The minimum absolute atomic E-state index is 0.0111. The van der Waals surface area contributed by atoms with Crippen molar-refractivity contribution in [3.8, 4) is 22.2 Å². The molecule has 3 N–H and O–H groups in total. The van der Waals surface area contributed by atoms with Crippen molar-refractivity contribution in [3.63, 3.8) is 0 Å². The molecule has 0 unspecified atom stereocenters. The summed E-state index contributed by atoms with van der Waals surface area (Å²) in [4.78, 5) is 68.8. The van der Waals surface area contributed by atoms with E-state index in [2.05, 4.69) is 15.4 Å². The summed E-state index contributed by atoms with van der Waals surface area (Å²) in [5, 5.41) is 6.53. The van der Waals surface area contributed by atoms with Crippen LogP contribution < -0.4 is 24.8 Å². The molecule has 4 heterocycles. The van der Waals surface area contributed by atoms with Gasteiger partial charge in [0.2, 0.25) is 21.8 Å². The summed E-state index contributed by atoms with van der Waals surface area (Å²) in [7, 11) is -2.32. The number of hydrogen-bond donors (Lipinski definition) is 3. The number of thiazole rings is 1. The lowest BCUT2D eigenvalue weighted by Crippen LogP contribution is -2.58. The van der Waals surface area contributed by atoms with E-state index in [1.165, 1.54) is 9.78 Å². The SMILES string of the molecule is COc1ccc2c(O[C@@H]3C[C@H]4C(=O)N[C@]5(C(=O)NS(=O)(=O)C6CC6)C[C@@H]5/C=C\CCCCC[C@H](NC(=O)OC(C)(C)C)C(=O)N4C3)cc(-c3nc4c(s3)CCC4)nc2c1. The Kier molecular flexibility index (Phi) is 11.1. The Morgan fingerprint density at radius 2 is 1.85 bits per heavy atom. The second-order valence-corrected chi connectivity index (χ2v) is 20.4. The first-order valence-electron chi connectivity index (χ1n) is 20.6. The summed E-state index contributed by atoms with van der Waals surface area (Å²) in [5.74, 6) is -1.23. The van der Waals surface area contributed by atoms with E-state index in [0.29, 0.717) is 60.2 Å². The third kappa shape index (κ3) is 8.91. The average Bonchev–Trinajstić information content (AvgIpc) is 4.00. The number of benzene rings is 1. The van der Waals surface area contributed by atoms with Gasteiger partial charge in [-0.15, -0.1) is 11.3 Å². The van der Waals surface area contributed by atoms with E-state index in [1.54, 1.807) is 39.2 Å². The minimum atomic E-state index is -3.91. The molecule has 2 aromatic heterocycles. The number of amides is 4. The van der Waals surface area contributed by atoms with Crippen LogP contribution >= 0.6 is 11.3 Å². The number of carbonyl (C=O) groups is 4. The Balaban J connectivity index is 1.13. The number of allylic oxidation sites excluding steroid dienone is 1. The number of alkyl carbamates (subject to hydrolysis) is 1. The van der Waals surface area contributed by atoms with E-state index in [0.717, 1.165) is 42.8 Å². The lowest BCUT2D eigenvalue weighted by molar-refractivity contribution is -0.141. The summed E-state index contributed by atoms with van der Waals surface area (Å²) in [6, 6.07) is 5.20. The molecule has 0 bridgehead atoms. The topological polar surface area (TPSA) is 195 Å². The first-order valence-corrected chi connectivity index (χ1v) is 23.0. The van der Waals surface area contributed by atoms with Crippen LogP contribution in [-0.4, -0.2) is 95.3 Å². The van der Waals surface area contributed by atoms with Crippen molar-refractivity contribution in [1.29, 1.82) is 0 Å². The van der Waals surface area contributed by atoms with Crippen molar-refractivity contribution in [2.75, 3.05) is 13.7 Å². The van der Waals surface area contributed by atoms with Gasteiger partial charge in [0.15, 0.2) is 0 Å². The molecular weight excluding hydrogens is 797 g/mol. The van der Waals surface area contributed by atoms with Crippen LogP contribution in [0.3, 0.4) is 0 Å². The van der Waals surface area contributed by atoms with Gasteiger partial charge in [0.05, 0.1) is 30.1 Å². The maximum atomic E-state index is 14.7. The van der Waals surface area contributed by atoms with E-state index in [-0.39, 0.29) is 19.4 Å². The van der Waals surface area contributed by atoms with Crippen LogP contribution in [0.25, 0.3) is 21.6 Å². The molecule has 3 aliphatic carbocycles. The van der Waals surface area contributed by atoms with Crippen LogP contribution in [-0.2, 0) is 42.0 Å². The number of fused-ring (bicyclic) bond motifs is 4. The number of hydrogen-bond acceptors (Lipinski definition) is 12. The Labute approximate surface area is 348 Å². The van der Waals surface area contributed by atoms with Crippen LogP contribution in [0.2, 0.25) is 0 Å². The van der Waals surface area contributed by atoms with Crippen molar-refractivity contribution in [3.05, 3.63) is 47.0 Å². The monoisotopic (exact) mass is 848 g/mol. The van der Waals surface area contributed by atoms with E-state index < -0.39 is 74.3 Å². The number of carbonyl (C=O) groups excluding carboxylic acids is 4. The Morgan fingerprint density at radius 1 is 1.03 bits per heavy atom. The van der Waals surface area contributed by atoms with Crippen LogP contribution in [0.4, 0.5) is 4.79 Å². The Bertz CT molecular complexity index is 2280. The van der Waals surface area contributed by atoms with Gasteiger partial charge >= 0.3 is 6.09 Å². The third-order valence-electron chi connectivity index (χ3n) is 11.6. The molecule has 3 aromatic rings. The number of rotatable bonds is 8. The predicted molar refractivity (Wildman–Crippen MR) is 220 cm³/mol. The van der Waals surface area contributed by atoms with Gasteiger partial charge in [0.1, 0.15) is 51.5 Å². The maximum absolute atomic E-state index is 14.7. The molecule has 15 nitrogen and oxygen atoms in total. The molecule has 59 heavy (non-hydrogen) atoms. The highest BCUT2D eigenvalue weighted by Gasteiger charge is 2.62. The van der Waals surface area contributed by atoms with E-state index in [4.69, 9.17) is 24.2 Å². The molecule has 0 radical (unpaired) electrons. The molecule has 8 rings (SSSR count). The van der Waals surface area contributed by atoms with Gasteiger partial charge in [0.25, 0.3) is 5.91 Å². The molecule has 5 atom stereocenters. The Morgan fingerprint density at radius 3 is 2.59 bits per heavy atom. The zero-order valence-corrected chi connectivity index (χ0v) is 35.5. The zero-order chi connectivity index (χ0) is 41.7. The van der Waals surface area contributed by atoms with Gasteiger partial charge in [0, 0.05) is 34.7 Å². The average molecular weight is 849 g/mol. The molecule has 4 amide bonds. The van der Waals surface area contributed by atoms with E-state index in [1.807, 2.05) is 36.4 Å². The van der Waals surface area contributed by atoms with Crippen LogP contribution in [0.1, 0.15) is 95.6 Å². The van der Waals surface area contributed by atoms with Gasteiger partial charge < -0.3 is 29.7 Å². The van der Waals surface area contributed by atoms with Gasteiger partial charge in [-0.05, 0) is 90.7 Å². The lowest BCUT2D eigenvalue weighted by Gasteiger charge is -2.30. The largest absolute Gasteiger partial charge is 0.497 e. The summed E-state index contributed by atoms with van der Waals surface area (Å²) in [6.07, 6.45) is 9.73. The number of nitrogens with zero attached hydrogens (tertiary/aromatic N) is 3. The number of nitrogens with one attached hydrogen (secondary N) is 3. The minimum Gasteiger partial charge on any atom is -0.497 e. The van der Waals surface area contributed by atoms with Gasteiger partial charge in [-0.2, -0.15) is 0 Å². The van der Waals surface area contributed by atoms with Gasteiger partial charge in [-0.25, -0.2) is 23.2 Å². The summed E-state index contributed by atoms with van der Waals surface area (Å²) >= 11 is 1.61. The number of ether oxygens (including phenoxy) is 3. The molecule has 316 valence electrons. The molecule has 1 saturated heterocycles. The van der Waals surface area contributed by atoms with Crippen molar-refractivity contribution in [2.24, 2.45) is 5.92 Å². The van der Waals surface area contributed by atoms with Gasteiger partial charge in [-0.3, -0.25) is 19.1 Å². The fourth-order valence-electron chi connectivity index (χ4n) is 8.29. The van der Waals surface area contributed by atoms with Crippen molar-refractivity contribution in [1.82, 2.24) is 30.2 Å². The first-order chi connectivity index (χ1) is 28.1. The highest BCUT2D eigenvalue weighted by molar-refractivity contribution is 7.91. The predicted octanol–water partition coefficient (Wildman–Crippen LogP) is 5.10. The quantitative estimate of drug-likeness (QED) is 0.255. The number of methoxy groups -OCH3 is 1. The first kappa shape index (κ1) is 41.0. The highest BCUT2D eigenvalue weighted by atomic mass is 32.2. The number of aryl methyl sites for hydroxylation is 2. The van der Waals surface area contributed by atoms with E-state index in [9.17, 15) is 27.6 Å². The lowest BCUT2D eigenvalue weighted by atomic mass is 10.0.